The third-order valence-electron chi connectivity index (χ3n) is 3.97. The van der Waals surface area contributed by atoms with E-state index in [1.165, 1.54) is 18.2 Å². The summed E-state index contributed by atoms with van der Waals surface area (Å²) in [7, 11) is 0. The molecular weight excluding hydrogens is 320 g/mol. The molecule has 2 aromatic carbocycles. The van der Waals surface area contributed by atoms with E-state index in [9.17, 15) is 20.0 Å². The van der Waals surface area contributed by atoms with Gasteiger partial charge in [0.2, 0.25) is 0 Å². The number of anilines is 1. The Morgan fingerprint density at radius 1 is 1.12 bits per heavy atom. The van der Waals surface area contributed by atoms with Crippen LogP contribution in [0, 0.1) is 10.1 Å². The van der Waals surface area contributed by atoms with Gasteiger partial charge in [-0.05, 0) is 47.7 Å². The van der Waals surface area contributed by atoms with Crippen molar-refractivity contribution in [2.45, 2.75) is 39.0 Å². The number of aromatic hydroxyl groups is 1. The first-order chi connectivity index (χ1) is 12.0. The Kier molecular flexibility index (Phi) is 6.51. The second-order valence-electron chi connectivity index (χ2n) is 5.85. The highest BCUT2D eigenvalue weighted by atomic mass is 16.7. The summed E-state index contributed by atoms with van der Waals surface area (Å²) in [6, 6.07) is 12.6. The van der Waals surface area contributed by atoms with Crippen molar-refractivity contribution in [1.29, 1.82) is 0 Å². The second kappa shape index (κ2) is 8.82. The normalized spacial score (nSPS) is 10.4. The lowest BCUT2D eigenvalue weighted by atomic mass is 10.0. The van der Waals surface area contributed by atoms with Crippen LogP contribution in [0.15, 0.2) is 48.5 Å². The minimum absolute atomic E-state index is 0.0615. The Morgan fingerprint density at radius 3 is 2.48 bits per heavy atom. The number of carbonyl (C=O) groups is 1. The molecule has 0 aromatic heterocycles. The van der Waals surface area contributed by atoms with Crippen LogP contribution in [0.2, 0.25) is 0 Å². The van der Waals surface area contributed by atoms with Crippen LogP contribution in [0.25, 0.3) is 0 Å². The van der Waals surface area contributed by atoms with Crippen molar-refractivity contribution in [1.82, 2.24) is 0 Å². The van der Waals surface area contributed by atoms with Crippen LogP contribution in [-0.4, -0.2) is 16.0 Å². The van der Waals surface area contributed by atoms with E-state index in [-0.39, 0.29) is 17.0 Å². The first-order valence-corrected chi connectivity index (χ1v) is 8.40. The molecule has 0 saturated carbocycles. The van der Waals surface area contributed by atoms with Crippen LogP contribution < -0.4 is 5.01 Å². The predicted octanol–water partition coefficient (Wildman–Crippen LogP) is 4.35. The fraction of sp³-hybridized carbons (Fsp3) is 0.316. The molecule has 0 bridgehead atoms. The van der Waals surface area contributed by atoms with E-state index in [4.69, 9.17) is 0 Å². The van der Waals surface area contributed by atoms with Crippen LogP contribution in [0.1, 0.15) is 48.5 Å². The summed E-state index contributed by atoms with van der Waals surface area (Å²) in [4.78, 5) is 24.0. The zero-order valence-corrected chi connectivity index (χ0v) is 14.2. The molecule has 1 amide bonds. The molecule has 0 spiro atoms. The summed E-state index contributed by atoms with van der Waals surface area (Å²) in [5, 5.41) is 21.1. The molecule has 0 heterocycles. The zero-order chi connectivity index (χ0) is 18.2. The highest BCUT2D eigenvalue weighted by Crippen LogP contribution is 2.24. The van der Waals surface area contributed by atoms with Gasteiger partial charge in [0.05, 0.1) is 5.56 Å². The van der Waals surface area contributed by atoms with Crippen LogP contribution in [-0.2, 0) is 6.42 Å². The monoisotopic (exact) mass is 342 g/mol. The average Bonchev–Trinajstić information content (AvgIpc) is 2.60. The smallest absolute Gasteiger partial charge is 0.323 e. The zero-order valence-electron chi connectivity index (χ0n) is 14.2. The van der Waals surface area contributed by atoms with Crippen molar-refractivity contribution in [2.75, 3.05) is 5.01 Å². The number of nitrogens with zero attached hydrogens (tertiary/aromatic N) is 2. The number of unbranched alkanes of at least 4 members (excludes halogenated alkanes) is 3. The summed E-state index contributed by atoms with van der Waals surface area (Å²) in [5.74, 6) is -1.12. The van der Waals surface area contributed by atoms with Gasteiger partial charge in [-0.2, -0.15) is 0 Å². The van der Waals surface area contributed by atoms with Gasteiger partial charge in [0, 0.05) is 0 Å². The van der Waals surface area contributed by atoms with E-state index in [1.807, 2.05) is 0 Å². The summed E-state index contributed by atoms with van der Waals surface area (Å²) in [6.45, 7) is 2.13. The Bertz CT molecular complexity index is 731. The number of hydrogen-bond donors (Lipinski definition) is 1. The van der Waals surface area contributed by atoms with Gasteiger partial charge in [-0.3, -0.25) is 4.79 Å². The predicted molar refractivity (Wildman–Crippen MR) is 96.2 cm³/mol. The maximum atomic E-state index is 12.7. The van der Waals surface area contributed by atoms with Crippen molar-refractivity contribution in [3.63, 3.8) is 0 Å². The van der Waals surface area contributed by atoms with Gasteiger partial charge in [-0.25, -0.2) is 10.1 Å². The molecule has 6 heteroatoms. The van der Waals surface area contributed by atoms with Crippen LogP contribution in [0.5, 0.6) is 5.75 Å². The number of amides is 1. The number of carbonyl (C=O) groups excluding carboxylic acids is 1. The number of phenolic OH excluding ortho intramolecular Hbond substituents is 1. The molecule has 0 saturated heterocycles. The third-order valence-corrected chi connectivity index (χ3v) is 3.97. The lowest BCUT2D eigenvalue weighted by molar-refractivity contribution is -0.481. The molecule has 0 unspecified atom stereocenters. The molecule has 132 valence electrons. The Labute approximate surface area is 146 Å². The molecule has 0 atom stereocenters. The number of hydrazine groups is 1. The van der Waals surface area contributed by atoms with Crippen molar-refractivity contribution in [2.24, 2.45) is 0 Å². The van der Waals surface area contributed by atoms with E-state index in [0.29, 0.717) is 5.01 Å². The highest BCUT2D eigenvalue weighted by molar-refractivity contribution is 6.06. The molecule has 1 N–H and O–H groups in total. The van der Waals surface area contributed by atoms with E-state index in [1.54, 1.807) is 30.3 Å². The highest BCUT2D eigenvalue weighted by Gasteiger charge is 2.30. The Hall–Kier alpha value is -2.89. The van der Waals surface area contributed by atoms with Crippen molar-refractivity contribution in [3.05, 3.63) is 69.8 Å². The van der Waals surface area contributed by atoms with Gasteiger partial charge in [-0.1, -0.05) is 50.5 Å². The largest absolute Gasteiger partial charge is 0.507 e. The van der Waals surface area contributed by atoms with E-state index < -0.39 is 10.9 Å². The minimum Gasteiger partial charge on any atom is -0.507 e. The van der Waals surface area contributed by atoms with Crippen molar-refractivity contribution >= 4 is 11.6 Å². The first-order valence-electron chi connectivity index (χ1n) is 8.40. The molecule has 2 aromatic rings. The number of aryl methyl sites for hydroxylation is 1. The fourth-order valence-electron chi connectivity index (χ4n) is 2.63. The molecule has 6 nitrogen and oxygen atoms in total. The number of benzene rings is 2. The Morgan fingerprint density at radius 2 is 1.84 bits per heavy atom. The average molecular weight is 342 g/mol. The van der Waals surface area contributed by atoms with Crippen LogP contribution in [0.3, 0.4) is 0 Å². The summed E-state index contributed by atoms with van der Waals surface area (Å²) >= 11 is 0. The molecule has 0 aliphatic carbocycles. The molecule has 25 heavy (non-hydrogen) atoms. The minimum atomic E-state index is -0.857. The van der Waals surface area contributed by atoms with Gasteiger partial charge < -0.3 is 5.11 Å². The second-order valence-corrected chi connectivity index (χ2v) is 5.85. The Balaban J connectivity index is 2.25. The van der Waals surface area contributed by atoms with Crippen LogP contribution in [0.4, 0.5) is 5.69 Å². The lowest BCUT2D eigenvalue weighted by Crippen LogP contribution is -2.36. The third kappa shape index (κ3) is 4.79. The van der Waals surface area contributed by atoms with E-state index in [2.05, 4.69) is 6.92 Å². The topological polar surface area (TPSA) is 83.7 Å². The molecule has 0 fully saturated rings. The summed E-state index contributed by atoms with van der Waals surface area (Å²) in [5.41, 5.74) is 0.965. The summed E-state index contributed by atoms with van der Waals surface area (Å²) in [6.07, 6.45) is 5.11. The quantitative estimate of drug-likeness (QED) is 0.439. The number of para-hydroxylation sites is 1. The maximum absolute atomic E-state index is 12.7. The number of phenols is 1. The standard InChI is InChI=1S/C19H22N2O4/c1-2-3-4-6-9-15-12-13-18(22)17(14-15)19(23)20(21(24)25)16-10-7-5-8-11-16/h5,7-8,10-14,22H,2-4,6,9H2,1H3. The molecule has 0 aliphatic heterocycles. The van der Waals surface area contributed by atoms with Gasteiger partial charge >= 0.3 is 5.91 Å². The molecular formula is C19H22N2O4. The molecule has 2 rings (SSSR count). The number of nitro groups is 1. The molecule has 0 radical (unpaired) electrons. The first kappa shape index (κ1) is 18.4. The molecule has 0 aliphatic rings. The van der Waals surface area contributed by atoms with Crippen LogP contribution >= 0.6 is 0 Å². The van der Waals surface area contributed by atoms with E-state index >= 15 is 0 Å². The van der Waals surface area contributed by atoms with Gasteiger partial charge in [0.25, 0.3) is 0 Å². The number of rotatable bonds is 8. The number of hydrogen-bond acceptors (Lipinski definition) is 4. The SMILES string of the molecule is CCCCCCc1ccc(O)c(C(=O)N(c2ccccc2)[N+](=O)[O-])c1. The summed E-state index contributed by atoms with van der Waals surface area (Å²) < 4.78 is 0. The van der Waals surface area contributed by atoms with Gasteiger partial charge in [0.15, 0.2) is 5.03 Å². The van der Waals surface area contributed by atoms with Crippen molar-refractivity contribution in [3.8, 4) is 5.75 Å². The maximum Gasteiger partial charge on any atom is 0.323 e. The van der Waals surface area contributed by atoms with Gasteiger partial charge in [-0.15, -0.1) is 0 Å². The van der Waals surface area contributed by atoms with E-state index in [0.717, 1.165) is 37.7 Å². The fourth-order valence-corrected chi connectivity index (χ4v) is 2.63. The lowest BCUT2D eigenvalue weighted by Gasteiger charge is -2.14. The van der Waals surface area contributed by atoms with Crippen molar-refractivity contribution < 1.29 is 14.9 Å². The van der Waals surface area contributed by atoms with Gasteiger partial charge in [0.1, 0.15) is 11.4 Å².